The Labute approximate surface area is 176 Å². The van der Waals surface area contributed by atoms with Gasteiger partial charge >= 0.3 is 0 Å². The Morgan fingerprint density at radius 3 is 2.69 bits per heavy atom. The predicted molar refractivity (Wildman–Crippen MR) is 114 cm³/mol. The first-order valence-electron chi connectivity index (χ1n) is 10.6. The second kappa shape index (κ2) is 7.84. The van der Waals surface area contributed by atoms with Crippen molar-refractivity contribution in [3.8, 4) is 10.4 Å². The lowest BCUT2D eigenvalue weighted by Gasteiger charge is -2.45. The van der Waals surface area contributed by atoms with Crippen LogP contribution in [-0.2, 0) is 26.3 Å². The zero-order chi connectivity index (χ0) is 19.8. The van der Waals surface area contributed by atoms with Crippen molar-refractivity contribution >= 4 is 17.2 Å². The molecule has 0 radical (unpaired) electrons. The van der Waals surface area contributed by atoms with Crippen molar-refractivity contribution in [3.05, 3.63) is 46.8 Å². The molecule has 1 amide bonds. The van der Waals surface area contributed by atoms with Crippen molar-refractivity contribution in [2.45, 2.75) is 31.0 Å². The van der Waals surface area contributed by atoms with Crippen molar-refractivity contribution in [1.29, 1.82) is 0 Å². The van der Waals surface area contributed by atoms with Crippen LogP contribution >= 0.6 is 11.3 Å². The second-order valence-corrected chi connectivity index (χ2v) is 9.49. The SMILES string of the molecule is CN1CCOC(C(=O)N2CCC3(CC2)OCCc2sc(-c4ccccc4)cc23)C1. The molecule has 2 fully saturated rings. The Hall–Kier alpha value is -1.73. The van der Waals surface area contributed by atoms with Crippen LogP contribution in [0.4, 0.5) is 0 Å². The number of carbonyl (C=O) groups is 1. The van der Waals surface area contributed by atoms with E-state index in [1.165, 1.54) is 20.9 Å². The molecule has 0 bridgehead atoms. The summed E-state index contributed by atoms with van der Waals surface area (Å²) in [7, 11) is 2.05. The number of hydrogen-bond donors (Lipinski definition) is 0. The minimum Gasteiger partial charge on any atom is -0.370 e. The van der Waals surface area contributed by atoms with E-state index in [4.69, 9.17) is 9.47 Å². The van der Waals surface area contributed by atoms with Gasteiger partial charge in [0.15, 0.2) is 0 Å². The van der Waals surface area contributed by atoms with Crippen LogP contribution in [-0.4, -0.2) is 68.3 Å². The number of benzene rings is 1. The highest BCUT2D eigenvalue weighted by Crippen LogP contribution is 2.46. The summed E-state index contributed by atoms with van der Waals surface area (Å²) in [6, 6.07) is 12.9. The molecular weight excluding hydrogens is 384 g/mol. The van der Waals surface area contributed by atoms with E-state index in [1.807, 2.05) is 23.3 Å². The molecule has 0 aliphatic carbocycles. The molecule has 1 atom stereocenters. The molecule has 3 aliphatic rings. The zero-order valence-electron chi connectivity index (χ0n) is 16.9. The summed E-state index contributed by atoms with van der Waals surface area (Å²) >= 11 is 1.90. The maximum atomic E-state index is 12.9. The first-order chi connectivity index (χ1) is 14.1. The van der Waals surface area contributed by atoms with Gasteiger partial charge in [-0.2, -0.15) is 0 Å². The summed E-state index contributed by atoms with van der Waals surface area (Å²) in [6.07, 6.45) is 2.38. The summed E-state index contributed by atoms with van der Waals surface area (Å²) in [6.45, 7) is 4.45. The fourth-order valence-electron chi connectivity index (χ4n) is 4.79. The molecule has 3 aliphatic heterocycles. The number of amides is 1. The number of piperidine rings is 1. The highest BCUT2D eigenvalue weighted by Gasteiger charge is 2.43. The van der Waals surface area contributed by atoms with E-state index in [9.17, 15) is 4.79 Å². The molecule has 5 rings (SSSR count). The average Bonchev–Trinajstić information content (AvgIpc) is 3.21. The van der Waals surface area contributed by atoms with Crippen LogP contribution in [0.1, 0.15) is 23.3 Å². The lowest BCUT2D eigenvalue weighted by molar-refractivity contribution is -0.156. The Morgan fingerprint density at radius 1 is 1.14 bits per heavy atom. The van der Waals surface area contributed by atoms with Gasteiger partial charge in [0.05, 0.1) is 18.8 Å². The van der Waals surface area contributed by atoms with Crippen LogP contribution in [0.25, 0.3) is 10.4 Å². The number of morpholine rings is 1. The van der Waals surface area contributed by atoms with Crippen LogP contribution < -0.4 is 0 Å². The number of hydrogen-bond acceptors (Lipinski definition) is 5. The summed E-state index contributed by atoms with van der Waals surface area (Å²) < 4.78 is 12.1. The molecule has 4 heterocycles. The fourth-order valence-corrected chi connectivity index (χ4v) is 6.03. The standard InChI is InChI=1S/C23H28N2O3S/c1-24-12-14-27-19(16-24)22(26)25-10-8-23(9-11-25)18-15-21(17-5-3-2-4-6-17)29-20(18)7-13-28-23/h2-6,15,19H,7-14,16H2,1H3. The lowest BCUT2D eigenvalue weighted by Crippen LogP contribution is -2.54. The molecule has 0 saturated carbocycles. The molecule has 1 aromatic heterocycles. The first-order valence-corrected chi connectivity index (χ1v) is 11.4. The Morgan fingerprint density at radius 2 is 1.93 bits per heavy atom. The van der Waals surface area contributed by atoms with Crippen molar-refractivity contribution in [1.82, 2.24) is 9.80 Å². The van der Waals surface area contributed by atoms with E-state index in [0.717, 1.165) is 45.5 Å². The van der Waals surface area contributed by atoms with Crippen LogP contribution in [0.5, 0.6) is 0 Å². The maximum absolute atomic E-state index is 12.9. The lowest BCUT2D eigenvalue weighted by atomic mass is 9.82. The van der Waals surface area contributed by atoms with Crippen molar-refractivity contribution in [2.75, 3.05) is 46.4 Å². The van der Waals surface area contributed by atoms with Gasteiger partial charge in [0.2, 0.25) is 0 Å². The van der Waals surface area contributed by atoms with E-state index in [1.54, 1.807) is 0 Å². The van der Waals surface area contributed by atoms with Gasteiger partial charge in [-0.25, -0.2) is 0 Å². The zero-order valence-corrected chi connectivity index (χ0v) is 17.7. The molecule has 2 aromatic rings. The summed E-state index contributed by atoms with van der Waals surface area (Å²) in [5.74, 6) is 0.137. The third-order valence-electron chi connectivity index (χ3n) is 6.49. The van der Waals surface area contributed by atoms with Gasteiger partial charge in [0.1, 0.15) is 6.10 Å². The normalized spacial score (nSPS) is 24.4. The quantitative estimate of drug-likeness (QED) is 0.760. The van der Waals surface area contributed by atoms with Crippen LogP contribution in [0.2, 0.25) is 0 Å². The van der Waals surface area contributed by atoms with Crippen LogP contribution in [0.3, 0.4) is 0 Å². The van der Waals surface area contributed by atoms with Crippen molar-refractivity contribution in [3.63, 3.8) is 0 Å². The molecule has 6 heteroatoms. The molecule has 2 saturated heterocycles. The average molecular weight is 413 g/mol. The number of likely N-dealkylation sites (N-methyl/N-ethyl adjacent to an activating group) is 1. The van der Waals surface area contributed by atoms with Gasteiger partial charge in [-0.3, -0.25) is 4.79 Å². The number of thiophene rings is 1. The van der Waals surface area contributed by atoms with Crippen LogP contribution in [0, 0.1) is 0 Å². The molecule has 1 unspecified atom stereocenters. The van der Waals surface area contributed by atoms with Crippen LogP contribution in [0.15, 0.2) is 36.4 Å². The van der Waals surface area contributed by atoms with Gasteiger partial charge < -0.3 is 19.3 Å². The minimum absolute atomic E-state index is 0.137. The number of ether oxygens (including phenoxy) is 2. The molecule has 0 N–H and O–H groups in total. The Bertz CT molecular complexity index is 874. The molecule has 1 aromatic carbocycles. The van der Waals surface area contributed by atoms with Gasteiger partial charge in [-0.15, -0.1) is 11.3 Å². The minimum atomic E-state index is -0.323. The maximum Gasteiger partial charge on any atom is 0.253 e. The summed E-state index contributed by atoms with van der Waals surface area (Å²) in [4.78, 5) is 19.9. The summed E-state index contributed by atoms with van der Waals surface area (Å²) in [5.41, 5.74) is 2.39. The molecule has 1 spiro atoms. The largest absolute Gasteiger partial charge is 0.370 e. The van der Waals surface area contributed by atoms with Crippen molar-refractivity contribution in [2.24, 2.45) is 0 Å². The van der Waals surface area contributed by atoms with E-state index >= 15 is 0 Å². The molecule has 29 heavy (non-hydrogen) atoms. The highest BCUT2D eigenvalue weighted by molar-refractivity contribution is 7.15. The number of fused-ring (bicyclic) bond motifs is 2. The van der Waals surface area contributed by atoms with E-state index in [2.05, 4.69) is 41.3 Å². The monoisotopic (exact) mass is 412 g/mol. The smallest absolute Gasteiger partial charge is 0.253 e. The fraction of sp³-hybridized carbons (Fsp3) is 0.522. The van der Waals surface area contributed by atoms with Gasteiger partial charge in [-0.05, 0) is 37.1 Å². The third-order valence-corrected chi connectivity index (χ3v) is 7.74. The van der Waals surface area contributed by atoms with E-state index in [-0.39, 0.29) is 17.6 Å². The van der Waals surface area contributed by atoms with Gasteiger partial charge in [0.25, 0.3) is 5.91 Å². The second-order valence-electron chi connectivity index (χ2n) is 8.35. The predicted octanol–water partition coefficient (Wildman–Crippen LogP) is 3.14. The third kappa shape index (κ3) is 3.63. The number of carbonyl (C=O) groups excluding carboxylic acids is 1. The first kappa shape index (κ1) is 19.2. The van der Waals surface area contributed by atoms with Crippen molar-refractivity contribution < 1.29 is 14.3 Å². The summed E-state index contributed by atoms with van der Waals surface area (Å²) in [5, 5.41) is 0. The number of nitrogens with zero attached hydrogens (tertiary/aromatic N) is 2. The highest BCUT2D eigenvalue weighted by atomic mass is 32.1. The topological polar surface area (TPSA) is 42.0 Å². The van der Waals surface area contributed by atoms with E-state index in [0.29, 0.717) is 13.2 Å². The molecule has 154 valence electrons. The number of rotatable bonds is 2. The molecular formula is C23H28N2O3S. The number of likely N-dealkylation sites (tertiary alicyclic amines) is 1. The molecule has 5 nitrogen and oxygen atoms in total. The van der Waals surface area contributed by atoms with Gasteiger partial charge in [0, 0.05) is 42.4 Å². The Balaban J connectivity index is 1.32. The van der Waals surface area contributed by atoms with E-state index < -0.39 is 0 Å². The Kier molecular flexibility index (Phi) is 5.20. The van der Waals surface area contributed by atoms with Gasteiger partial charge in [-0.1, -0.05) is 30.3 Å².